The molecule has 32 heavy (non-hydrogen) atoms. The molecule has 8 heteroatoms. The van der Waals surface area contributed by atoms with Crippen LogP contribution in [0.5, 0.6) is 5.75 Å². The molecular weight excluding hydrogens is 412 g/mol. The molecule has 0 unspecified atom stereocenters. The van der Waals surface area contributed by atoms with E-state index in [-0.39, 0.29) is 25.2 Å². The van der Waals surface area contributed by atoms with Gasteiger partial charge in [0.25, 0.3) is 5.56 Å². The Labute approximate surface area is 183 Å². The summed E-state index contributed by atoms with van der Waals surface area (Å²) in [5.41, 5.74) is 2.45. The molecule has 0 bridgehead atoms. The highest BCUT2D eigenvalue weighted by Gasteiger charge is 2.45. The van der Waals surface area contributed by atoms with Crippen LogP contribution < -0.4 is 10.3 Å². The van der Waals surface area contributed by atoms with Crippen LogP contribution in [0.2, 0.25) is 0 Å². The summed E-state index contributed by atoms with van der Waals surface area (Å²) in [7, 11) is 0. The minimum absolute atomic E-state index is 0.0289. The maximum absolute atomic E-state index is 13.3. The van der Waals surface area contributed by atoms with Crippen molar-refractivity contribution in [2.45, 2.75) is 45.4 Å². The highest BCUT2D eigenvalue weighted by molar-refractivity contribution is 5.90. The molecule has 1 N–H and O–H groups in total. The Kier molecular flexibility index (Phi) is 4.63. The van der Waals surface area contributed by atoms with Gasteiger partial charge in [-0.25, -0.2) is 9.78 Å². The Morgan fingerprint density at radius 1 is 1.25 bits per heavy atom. The zero-order valence-electron chi connectivity index (χ0n) is 17.8. The summed E-state index contributed by atoms with van der Waals surface area (Å²) in [6.07, 6.45) is 1.51. The number of fused-ring (bicyclic) bond motifs is 5. The summed E-state index contributed by atoms with van der Waals surface area (Å²) in [4.78, 5) is 41.1. The van der Waals surface area contributed by atoms with Crippen molar-refractivity contribution in [2.75, 3.05) is 6.61 Å². The third-order valence-corrected chi connectivity index (χ3v) is 6.45. The first-order valence-corrected chi connectivity index (χ1v) is 10.6. The molecule has 8 nitrogen and oxygen atoms in total. The normalized spacial score (nSPS) is 18.7. The van der Waals surface area contributed by atoms with Gasteiger partial charge in [0.1, 0.15) is 19.0 Å². The Morgan fingerprint density at radius 3 is 2.78 bits per heavy atom. The van der Waals surface area contributed by atoms with Crippen LogP contribution >= 0.6 is 0 Å². The number of benzene rings is 1. The minimum atomic E-state index is -1.85. The fourth-order valence-corrected chi connectivity index (χ4v) is 4.76. The van der Waals surface area contributed by atoms with Crippen molar-refractivity contribution in [3.63, 3.8) is 0 Å². The summed E-state index contributed by atoms with van der Waals surface area (Å²) < 4.78 is 12.2. The highest BCUT2D eigenvalue weighted by atomic mass is 16.6. The molecule has 1 aromatic carbocycles. The topological polar surface area (TPSA) is 108 Å². The zero-order valence-corrected chi connectivity index (χ0v) is 17.8. The Balaban J connectivity index is 1.75. The number of aldehydes is 1. The quantitative estimate of drug-likeness (QED) is 0.379. The van der Waals surface area contributed by atoms with E-state index >= 15 is 0 Å². The second-order valence-electron chi connectivity index (χ2n) is 8.03. The van der Waals surface area contributed by atoms with E-state index in [0.29, 0.717) is 47.5 Å². The Hall–Kier alpha value is -3.52. The molecule has 0 saturated heterocycles. The van der Waals surface area contributed by atoms with Crippen molar-refractivity contribution in [1.29, 1.82) is 0 Å². The van der Waals surface area contributed by atoms with Gasteiger partial charge in [-0.15, -0.1) is 0 Å². The molecule has 0 spiro atoms. The molecule has 0 saturated carbocycles. The molecule has 0 aliphatic carbocycles. The first-order valence-electron chi connectivity index (χ1n) is 10.6. The number of aromatic nitrogens is 2. The number of rotatable bonds is 5. The minimum Gasteiger partial charge on any atom is -0.486 e. The molecule has 2 aliphatic heterocycles. The van der Waals surface area contributed by atoms with Gasteiger partial charge in [0.05, 0.1) is 29.0 Å². The number of hydrogen-bond donors (Lipinski definition) is 1. The molecule has 0 fully saturated rings. The Morgan fingerprint density at radius 2 is 2.06 bits per heavy atom. The third-order valence-electron chi connectivity index (χ3n) is 6.45. The molecule has 0 radical (unpaired) electrons. The standard InChI is InChI=1S/C24H22N2O6/c1-3-14-15-9-13(31-8-7-27)5-6-19(15)25-21-16(14)11-26-20(21)10-18-17(22(26)28)12-32-23(29)24(18,30)4-2/h5-7,9-10,30H,3-4,8,11-12H2,1-2H3/t24-/m0/s1. The number of cyclic esters (lactones) is 1. The van der Waals surface area contributed by atoms with Gasteiger partial charge in [-0.1, -0.05) is 13.8 Å². The van der Waals surface area contributed by atoms with Gasteiger partial charge in [-0.05, 0) is 42.7 Å². The van der Waals surface area contributed by atoms with Crippen LogP contribution in [0.25, 0.3) is 22.3 Å². The predicted molar refractivity (Wildman–Crippen MR) is 115 cm³/mol. The van der Waals surface area contributed by atoms with Crippen molar-refractivity contribution in [1.82, 2.24) is 9.55 Å². The summed E-state index contributed by atoms with van der Waals surface area (Å²) >= 11 is 0. The van der Waals surface area contributed by atoms with E-state index in [2.05, 4.69) is 0 Å². The second-order valence-corrected chi connectivity index (χ2v) is 8.03. The molecule has 0 amide bonds. The molecular formula is C24H22N2O6. The fraction of sp³-hybridized carbons (Fsp3) is 0.333. The van der Waals surface area contributed by atoms with E-state index in [0.717, 1.165) is 22.0 Å². The number of carbonyl (C=O) groups excluding carboxylic acids is 2. The van der Waals surface area contributed by atoms with Crippen molar-refractivity contribution >= 4 is 23.2 Å². The van der Waals surface area contributed by atoms with Crippen LogP contribution in [-0.2, 0) is 39.5 Å². The van der Waals surface area contributed by atoms with Crippen LogP contribution in [0.1, 0.15) is 42.5 Å². The number of carbonyl (C=O) groups is 2. The molecule has 3 aromatic rings. The lowest BCUT2D eigenvalue weighted by Gasteiger charge is -2.31. The van der Waals surface area contributed by atoms with E-state index in [1.54, 1.807) is 23.6 Å². The van der Waals surface area contributed by atoms with Gasteiger partial charge in [-0.3, -0.25) is 9.59 Å². The van der Waals surface area contributed by atoms with E-state index in [1.807, 2.05) is 19.1 Å². The van der Waals surface area contributed by atoms with Crippen LogP contribution in [0.15, 0.2) is 29.1 Å². The van der Waals surface area contributed by atoms with Gasteiger partial charge in [0.2, 0.25) is 0 Å². The largest absolute Gasteiger partial charge is 0.486 e. The molecule has 4 heterocycles. The lowest BCUT2D eigenvalue weighted by Crippen LogP contribution is -2.44. The van der Waals surface area contributed by atoms with Crippen molar-refractivity contribution in [3.05, 3.63) is 56.9 Å². The number of nitrogens with zero attached hydrogens (tertiary/aromatic N) is 2. The fourth-order valence-electron chi connectivity index (χ4n) is 4.76. The molecule has 5 rings (SSSR count). The second kappa shape index (κ2) is 7.27. The zero-order chi connectivity index (χ0) is 22.6. The SMILES string of the molecule is CCc1c2c(nc3ccc(OCC=O)cc13)-c1cc3c(c(=O)n1C2)COC(=O)[C@]3(O)CC. The molecule has 2 aliphatic rings. The number of aliphatic hydroxyl groups is 1. The lowest BCUT2D eigenvalue weighted by atomic mass is 9.86. The first kappa shape index (κ1) is 20.4. The smallest absolute Gasteiger partial charge is 0.343 e. The Bertz CT molecular complexity index is 1360. The van der Waals surface area contributed by atoms with Crippen molar-refractivity contribution in [2.24, 2.45) is 0 Å². The van der Waals surface area contributed by atoms with Gasteiger partial charge < -0.3 is 19.1 Å². The van der Waals surface area contributed by atoms with Gasteiger partial charge in [0.15, 0.2) is 11.9 Å². The molecule has 164 valence electrons. The van der Waals surface area contributed by atoms with Gasteiger partial charge in [0, 0.05) is 16.5 Å². The van der Waals surface area contributed by atoms with E-state index < -0.39 is 11.6 Å². The maximum Gasteiger partial charge on any atom is 0.343 e. The average Bonchev–Trinajstić information content (AvgIpc) is 3.17. The van der Waals surface area contributed by atoms with Crippen molar-refractivity contribution in [3.8, 4) is 17.1 Å². The summed E-state index contributed by atoms with van der Waals surface area (Å²) in [6.45, 7) is 3.88. The summed E-state index contributed by atoms with van der Waals surface area (Å²) in [5, 5.41) is 11.9. The summed E-state index contributed by atoms with van der Waals surface area (Å²) in [6, 6.07) is 7.16. The highest BCUT2D eigenvalue weighted by Crippen LogP contribution is 2.40. The van der Waals surface area contributed by atoms with Crippen LogP contribution in [0.3, 0.4) is 0 Å². The predicted octanol–water partition coefficient (Wildman–Crippen LogP) is 2.22. The van der Waals surface area contributed by atoms with Crippen molar-refractivity contribution < 1.29 is 24.2 Å². The number of pyridine rings is 2. The van der Waals surface area contributed by atoms with Crippen LogP contribution in [-0.4, -0.2) is 33.5 Å². The third kappa shape index (κ3) is 2.72. The molecule has 1 atom stereocenters. The number of ether oxygens (including phenoxy) is 2. The monoisotopic (exact) mass is 434 g/mol. The van der Waals surface area contributed by atoms with Gasteiger partial charge in [-0.2, -0.15) is 0 Å². The number of esters is 1. The summed E-state index contributed by atoms with van der Waals surface area (Å²) in [5.74, 6) is -0.161. The number of hydrogen-bond acceptors (Lipinski definition) is 7. The van der Waals surface area contributed by atoms with Crippen LogP contribution in [0, 0.1) is 0 Å². The maximum atomic E-state index is 13.3. The first-order chi connectivity index (χ1) is 15.4. The van der Waals surface area contributed by atoms with Crippen LogP contribution in [0.4, 0.5) is 0 Å². The van der Waals surface area contributed by atoms with E-state index in [9.17, 15) is 19.5 Å². The molecule has 2 aromatic heterocycles. The average molecular weight is 434 g/mol. The lowest BCUT2D eigenvalue weighted by molar-refractivity contribution is -0.172. The van der Waals surface area contributed by atoms with Gasteiger partial charge >= 0.3 is 5.97 Å². The van der Waals surface area contributed by atoms with E-state index in [1.165, 1.54) is 0 Å². The number of aryl methyl sites for hydroxylation is 1. The van der Waals surface area contributed by atoms with E-state index in [4.69, 9.17) is 14.5 Å².